The number of carboxylic acids is 1. The Morgan fingerprint density at radius 1 is 0.773 bits per heavy atom. The van der Waals surface area contributed by atoms with Crippen molar-refractivity contribution < 1.29 is 9.90 Å². The minimum absolute atomic E-state index is 0.351. The molecule has 130 valence electrons. The Balaban J connectivity index is 1.91. The summed E-state index contributed by atoms with van der Waals surface area (Å²) in [6.07, 6.45) is 20.7. The van der Waals surface area contributed by atoms with Crippen molar-refractivity contribution >= 4 is 5.97 Å². The molecule has 1 rings (SSSR count). The normalized spacial score (nSPS) is 21.9. The van der Waals surface area contributed by atoms with Crippen LogP contribution in [0.1, 0.15) is 110 Å². The Morgan fingerprint density at radius 2 is 1.23 bits per heavy atom. The highest BCUT2D eigenvalue weighted by Crippen LogP contribution is 2.34. The number of carboxylic acid groups (broad SMARTS) is 1. The highest BCUT2D eigenvalue weighted by molar-refractivity contribution is 5.66. The summed E-state index contributed by atoms with van der Waals surface area (Å²) < 4.78 is 0. The number of unbranched alkanes of at least 4 members (excludes halogenated alkanes) is 7. The first-order chi connectivity index (χ1) is 10.7. The molecule has 0 aromatic heterocycles. The topological polar surface area (TPSA) is 37.3 Å². The van der Waals surface area contributed by atoms with Crippen molar-refractivity contribution in [1.82, 2.24) is 0 Å². The Bertz CT molecular complexity index is 267. The lowest BCUT2D eigenvalue weighted by Crippen LogP contribution is -2.14. The van der Waals surface area contributed by atoms with E-state index in [9.17, 15) is 4.79 Å². The van der Waals surface area contributed by atoms with E-state index in [1.807, 2.05) is 0 Å². The molecule has 1 N–H and O–H groups in total. The highest BCUT2D eigenvalue weighted by atomic mass is 16.4. The minimum Gasteiger partial charge on any atom is -0.481 e. The van der Waals surface area contributed by atoms with Crippen LogP contribution in [0.25, 0.3) is 0 Å². The number of hydrogen-bond donors (Lipinski definition) is 1. The Labute approximate surface area is 138 Å². The summed E-state index contributed by atoms with van der Waals surface area (Å²) in [5, 5.41) is 8.60. The molecular formula is C20H38O2. The molecule has 0 saturated heterocycles. The Morgan fingerprint density at radius 3 is 1.68 bits per heavy atom. The van der Waals surface area contributed by atoms with Gasteiger partial charge in [0, 0.05) is 6.42 Å². The van der Waals surface area contributed by atoms with Gasteiger partial charge in [-0.05, 0) is 18.3 Å². The van der Waals surface area contributed by atoms with Gasteiger partial charge in [0.05, 0.1) is 0 Å². The number of aliphatic carboxylic acids is 1. The largest absolute Gasteiger partial charge is 0.481 e. The van der Waals surface area contributed by atoms with E-state index in [1.165, 1.54) is 83.5 Å². The van der Waals surface area contributed by atoms with Crippen molar-refractivity contribution in [2.24, 2.45) is 11.8 Å². The number of rotatable bonds is 13. The van der Waals surface area contributed by atoms with Crippen LogP contribution in [0.15, 0.2) is 0 Å². The third kappa shape index (κ3) is 10.2. The average Bonchev–Trinajstić information content (AvgIpc) is 2.51. The summed E-state index contributed by atoms with van der Waals surface area (Å²) in [4.78, 5) is 10.4. The lowest BCUT2D eigenvalue weighted by Gasteiger charge is -2.28. The average molecular weight is 311 g/mol. The predicted octanol–water partition coefficient (Wildman–Crippen LogP) is 6.58. The van der Waals surface area contributed by atoms with Gasteiger partial charge in [-0.3, -0.25) is 4.79 Å². The fraction of sp³-hybridized carbons (Fsp3) is 0.950. The first-order valence-corrected chi connectivity index (χ1v) is 9.94. The summed E-state index contributed by atoms with van der Waals surface area (Å²) in [7, 11) is 0. The smallest absolute Gasteiger partial charge is 0.303 e. The summed E-state index contributed by atoms with van der Waals surface area (Å²) in [5.74, 6) is 1.34. The summed E-state index contributed by atoms with van der Waals surface area (Å²) in [5.41, 5.74) is 0. The van der Waals surface area contributed by atoms with Gasteiger partial charge in [0.15, 0.2) is 0 Å². The first-order valence-electron chi connectivity index (χ1n) is 9.94. The molecule has 0 radical (unpaired) electrons. The molecule has 22 heavy (non-hydrogen) atoms. The van der Waals surface area contributed by atoms with Crippen LogP contribution in [0.2, 0.25) is 0 Å². The second-order valence-electron chi connectivity index (χ2n) is 7.44. The van der Waals surface area contributed by atoms with Gasteiger partial charge in [-0.1, -0.05) is 96.8 Å². The van der Waals surface area contributed by atoms with Crippen LogP contribution in [0.4, 0.5) is 0 Å². The summed E-state index contributed by atoms with van der Waals surface area (Å²) in [6, 6.07) is 0. The van der Waals surface area contributed by atoms with Gasteiger partial charge in [0.2, 0.25) is 0 Å². The maximum Gasteiger partial charge on any atom is 0.303 e. The van der Waals surface area contributed by atoms with Crippen LogP contribution in [0.5, 0.6) is 0 Å². The number of hydrogen-bond acceptors (Lipinski definition) is 1. The molecule has 1 aliphatic rings. The predicted molar refractivity (Wildman–Crippen MR) is 94.2 cm³/mol. The van der Waals surface area contributed by atoms with Gasteiger partial charge in [-0.25, -0.2) is 0 Å². The fourth-order valence-corrected chi connectivity index (χ4v) is 3.91. The summed E-state index contributed by atoms with van der Waals surface area (Å²) >= 11 is 0. The molecule has 0 spiro atoms. The zero-order valence-corrected chi connectivity index (χ0v) is 14.8. The van der Waals surface area contributed by atoms with Crippen molar-refractivity contribution in [3.8, 4) is 0 Å². The molecular weight excluding hydrogens is 272 g/mol. The van der Waals surface area contributed by atoms with Gasteiger partial charge < -0.3 is 5.11 Å². The van der Waals surface area contributed by atoms with E-state index in [0.717, 1.165) is 24.7 Å². The van der Waals surface area contributed by atoms with Crippen LogP contribution in [0.3, 0.4) is 0 Å². The van der Waals surface area contributed by atoms with Crippen molar-refractivity contribution in [1.29, 1.82) is 0 Å². The summed E-state index contributed by atoms with van der Waals surface area (Å²) in [6.45, 7) is 2.29. The monoisotopic (exact) mass is 310 g/mol. The van der Waals surface area contributed by atoms with Crippen LogP contribution in [0, 0.1) is 11.8 Å². The molecule has 0 aromatic rings. The third-order valence-corrected chi connectivity index (χ3v) is 5.44. The molecule has 1 aliphatic carbocycles. The minimum atomic E-state index is -0.645. The van der Waals surface area contributed by atoms with Crippen LogP contribution >= 0.6 is 0 Å². The molecule has 0 bridgehead atoms. The SMILES string of the molecule is CCCCCCCC1CCC(CCCCCCC(=O)O)CC1. The fourth-order valence-electron chi connectivity index (χ4n) is 3.91. The van der Waals surface area contributed by atoms with E-state index in [4.69, 9.17) is 5.11 Å². The molecule has 2 nitrogen and oxygen atoms in total. The second kappa shape index (κ2) is 13.0. The van der Waals surface area contributed by atoms with Crippen molar-refractivity contribution in [2.75, 3.05) is 0 Å². The van der Waals surface area contributed by atoms with Crippen LogP contribution in [-0.2, 0) is 4.79 Å². The number of carbonyl (C=O) groups is 1. The first kappa shape index (κ1) is 19.5. The van der Waals surface area contributed by atoms with Crippen molar-refractivity contribution in [2.45, 2.75) is 110 Å². The Hall–Kier alpha value is -0.530. The van der Waals surface area contributed by atoms with E-state index in [2.05, 4.69) is 6.92 Å². The van der Waals surface area contributed by atoms with Gasteiger partial charge >= 0.3 is 5.97 Å². The maximum atomic E-state index is 10.4. The molecule has 0 aromatic carbocycles. The van der Waals surface area contributed by atoms with Crippen LogP contribution < -0.4 is 0 Å². The van der Waals surface area contributed by atoms with Gasteiger partial charge in [0.25, 0.3) is 0 Å². The van der Waals surface area contributed by atoms with E-state index < -0.39 is 5.97 Å². The highest BCUT2D eigenvalue weighted by Gasteiger charge is 2.20. The zero-order valence-electron chi connectivity index (χ0n) is 14.8. The molecule has 0 aliphatic heterocycles. The van der Waals surface area contributed by atoms with Gasteiger partial charge in [-0.2, -0.15) is 0 Å². The maximum absolute atomic E-state index is 10.4. The zero-order chi connectivity index (χ0) is 16.0. The van der Waals surface area contributed by atoms with Crippen LogP contribution in [-0.4, -0.2) is 11.1 Å². The van der Waals surface area contributed by atoms with Gasteiger partial charge in [-0.15, -0.1) is 0 Å². The lowest BCUT2D eigenvalue weighted by atomic mass is 9.78. The van der Waals surface area contributed by atoms with E-state index in [-0.39, 0.29) is 0 Å². The molecule has 0 heterocycles. The molecule has 1 fully saturated rings. The van der Waals surface area contributed by atoms with Crippen molar-refractivity contribution in [3.05, 3.63) is 0 Å². The quantitative estimate of drug-likeness (QED) is 0.390. The van der Waals surface area contributed by atoms with E-state index in [1.54, 1.807) is 0 Å². The standard InChI is InChI=1S/C20H38O2/c1-2-3-4-5-8-11-18-14-16-19(17-15-18)12-9-6-7-10-13-20(21)22/h18-19H,2-17H2,1H3,(H,21,22). The molecule has 2 heteroatoms. The molecule has 0 amide bonds. The molecule has 0 unspecified atom stereocenters. The Kier molecular flexibility index (Phi) is 11.5. The lowest BCUT2D eigenvalue weighted by molar-refractivity contribution is -0.137. The third-order valence-electron chi connectivity index (χ3n) is 5.44. The molecule has 0 atom stereocenters. The van der Waals surface area contributed by atoms with E-state index >= 15 is 0 Å². The molecule has 1 saturated carbocycles. The van der Waals surface area contributed by atoms with Gasteiger partial charge in [0.1, 0.15) is 0 Å². The van der Waals surface area contributed by atoms with E-state index in [0.29, 0.717) is 6.42 Å². The van der Waals surface area contributed by atoms with Crippen molar-refractivity contribution in [3.63, 3.8) is 0 Å². The second-order valence-corrected chi connectivity index (χ2v) is 7.44.